The van der Waals surface area contributed by atoms with Crippen LogP contribution in [-0.4, -0.2) is 16.0 Å². The Morgan fingerprint density at radius 2 is 1.90 bits per heavy atom. The second-order valence-electron chi connectivity index (χ2n) is 5.83. The van der Waals surface area contributed by atoms with Crippen LogP contribution in [0.1, 0.15) is 37.3 Å². The van der Waals surface area contributed by atoms with Crippen LogP contribution in [0.2, 0.25) is 0 Å². The molecule has 0 amide bonds. The molecule has 0 spiro atoms. The van der Waals surface area contributed by atoms with E-state index in [9.17, 15) is 0 Å². The fourth-order valence-corrected chi connectivity index (χ4v) is 2.71. The molecule has 0 saturated heterocycles. The molecule has 21 heavy (non-hydrogen) atoms. The van der Waals surface area contributed by atoms with Gasteiger partial charge in [-0.1, -0.05) is 22.0 Å². The number of hydrogen-bond acceptors (Lipinski definition) is 4. The maximum atomic E-state index is 4.66. The fourth-order valence-electron chi connectivity index (χ4n) is 2.31. The zero-order valence-electron chi connectivity index (χ0n) is 11.6. The van der Waals surface area contributed by atoms with Gasteiger partial charge in [0.1, 0.15) is 5.82 Å². The minimum absolute atomic E-state index is 0.568. The Morgan fingerprint density at radius 3 is 2.62 bits per heavy atom. The van der Waals surface area contributed by atoms with E-state index in [1.165, 1.54) is 25.7 Å². The van der Waals surface area contributed by atoms with Gasteiger partial charge in [-0.2, -0.15) is 4.98 Å². The third-order valence-corrected chi connectivity index (χ3v) is 4.24. The Kier molecular flexibility index (Phi) is 3.30. The highest BCUT2D eigenvalue weighted by Gasteiger charge is 2.27. The maximum Gasteiger partial charge on any atom is 0.225 e. The molecule has 2 aliphatic rings. The van der Waals surface area contributed by atoms with Crippen molar-refractivity contribution in [1.82, 2.24) is 9.97 Å². The van der Waals surface area contributed by atoms with Gasteiger partial charge in [-0.15, -0.1) is 0 Å². The molecule has 0 aliphatic heterocycles. The van der Waals surface area contributed by atoms with Crippen molar-refractivity contribution in [3.8, 4) is 0 Å². The van der Waals surface area contributed by atoms with Crippen molar-refractivity contribution >= 4 is 33.4 Å². The van der Waals surface area contributed by atoms with Crippen LogP contribution in [0.5, 0.6) is 0 Å². The molecule has 5 heteroatoms. The first-order valence-electron chi connectivity index (χ1n) is 7.44. The van der Waals surface area contributed by atoms with Crippen molar-refractivity contribution in [2.24, 2.45) is 0 Å². The molecule has 4 rings (SSSR count). The van der Waals surface area contributed by atoms with Crippen molar-refractivity contribution in [1.29, 1.82) is 0 Å². The lowest BCUT2D eigenvalue weighted by Gasteiger charge is -2.11. The lowest BCUT2D eigenvalue weighted by atomic mass is 10.2. The van der Waals surface area contributed by atoms with Gasteiger partial charge in [0, 0.05) is 28.2 Å². The molecule has 0 bridgehead atoms. The zero-order chi connectivity index (χ0) is 14.2. The Hall–Kier alpha value is -1.62. The summed E-state index contributed by atoms with van der Waals surface area (Å²) in [4.78, 5) is 9.26. The SMILES string of the molecule is Brc1cccc(Nc2cc(C3CC3)nc(NC3CC3)n2)c1. The lowest BCUT2D eigenvalue weighted by molar-refractivity contribution is 0.968. The van der Waals surface area contributed by atoms with E-state index in [4.69, 9.17) is 0 Å². The van der Waals surface area contributed by atoms with Crippen LogP contribution in [-0.2, 0) is 0 Å². The summed E-state index contributed by atoms with van der Waals surface area (Å²) in [6.45, 7) is 0. The molecule has 2 aliphatic carbocycles. The second-order valence-corrected chi connectivity index (χ2v) is 6.75. The van der Waals surface area contributed by atoms with Crippen LogP contribution in [0.15, 0.2) is 34.8 Å². The summed E-state index contributed by atoms with van der Waals surface area (Å²) < 4.78 is 1.06. The molecule has 1 heterocycles. The Balaban J connectivity index is 1.61. The number of aromatic nitrogens is 2. The van der Waals surface area contributed by atoms with Crippen LogP contribution in [0, 0.1) is 0 Å². The van der Waals surface area contributed by atoms with Crippen LogP contribution in [0.25, 0.3) is 0 Å². The topological polar surface area (TPSA) is 49.8 Å². The molecule has 0 unspecified atom stereocenters. The molecule has 0 radical (unpaired) electrons. The summed E-state index contributed by atoms with van der Waals surface area (Å²) in [6.07, 6.45) is 4.95. The standard InChI is InChI=1S/C16H17BrN4/c17-11-2-1-3-13(8-11)18-15-9-14(10-4-5-10)20-16(21-15)19-12-6-7-12/h1-3,8-10,12H,4-7H2,(H2,18,19,20,21). The fraction of sp³-hybridized carbons (Fsp3) is 0.375. The summed E-state index contributed by atoms with van der Waals surface area (Å²) in [5.41, 5.74) is 2.19. The molecule has 2 fully saturated rings. The summed E-state index contributed by atoms with van der Waals surface area (Å²) in [5, 5.41) is 6.79. The Labute approximate surface area is 132 Å². The normalized spacial score (nSPS) is 17.6. The van der Waals surface area contributed by atoms with Crippen LogP contribution in [0.3, 0.4) is 0 Å². The van der Waals surface area contributed by atoms with Gasteiger partial charge < -0.3 is 10.6 Å². The Morgan fingerprint density at radius 1 is 1.05 bits per heavy atom. The number of benzene rings is 1. The molecule has 2 aromatic rings. The molecule has 4 nitrogen and oxygen atoms in total. The highest BCUT2D eigenvalue weighted by Crippen LogP contribution is 2.40. The summed E-state index contributed by atoms with van der Waals surface area (Å²) in [7, 11) is 0. The second kappa shape index (κ2) is 5.30. The third kappa shape index (κ3) is 3.35. The smallest absolute Gasteiger partial charge is 0.225 e. The van der Waals surface area contributed by atoms with E-state index in [1.54, 1.807) is 0 Å². The molecular weight excluding hydrogens is 328 g/mol. The number of nitrogens with zero attached hydrogens (tertiary/aromatic N) is 2. The highest BCUT2D eigenvalue weighted by molar-refractivity contribution is 9.10. The Bertz CT molecular complexity index is 665. The zero-order valence-corrected chi connectivity index (χ0v) is 13.2. The van der Waals surface area contributed by atoms with Gasteiger partial charge in [-0.3, -0.25) is 0 Å². The van der Waals surface area contributed by atoms with Gasteiger partial charge in [-0.05, 0) is 43.9 Å². The van der Waals surface area contributed by atoms with Gasteiger partial charge in [-0.25, -0.2) is 4.98 Å². The van der Waals surface area contributed by atoms with Gasteiger partial charge in [0.15, 0.2) is 0 Å². The van der Waals surface area contributed by atoms with Gasteiger partial charge in [0.2, 0.25) is 5.95 Å². The third-order valence-electron chi connectivity index (χ3n) is 3.75. The van der Waals surface area contributed by atoms with Crippen LogP contribution in [0.4, 0.5) is 17.5 Å². The van der Waals surface area contributed by atoms with Crippen molar-refractivity contribution in [2.45, 2.75) is 37.6 Å². The molecular formula is C16H17BrN4. The summed E-state index contributed by atoms with van der Waals surface area (Å²) in [5.74, 6) is 2.25. The van der Waals surface area contributed by atoms with E-state index in [0.29, 0.717) is 12.0 Å². The summed E-state index contributed by atoms with van der Waals surface area (Å²) >= 11 is 3.49. The minimum Gasteiger partial charge on any atom is -0.351 e. The maximum absolute atomic E-state index is 4.66. The van der Waals surface area contributed by atoms with E-state index in [0.717, 1.165) is 27.6 Å². The van der Waals surface area contributed by atoms with E-state index in [1.807, 2.05) is 24.3 Å². The number of halogens is 1. The molecule has 2 N–H and O–H groups in total. The van der Waals surface area contributed by atoms with Crippen LogP contribution < -0.4 is 10.6 Å². The summed E-state index contributed by atoms with van der Waals surface area (Å²) in [6, 6.07) is 10.8. The predicted molar refractivity (Wildman–Crippen MR) is 88.1 cm³/mol. The minimum atomic E-state index is 0.568. The first-order chi connectivity index (χ1) is 10.3. The van der Waals surface area contributed by atoms with E-state index in [2.05, 4.69) is 42.6 Å². The van der Waals surface area contributed by atoms with E-state index >= 15 is 0 Å². The molecule has 0 atom stereocenters. The lowest BCUT2D eigenvalue weighted by Crippen LogP contribution is -2.08. The van der Waals surface area contributed by atoms with E-state index in [-0.39, 0.29) is 0 Å². The van der Waals surface area contributed by atoms with E-state index < -0.39 is 0 Å². The van der Waals surface area contributed by atoms with Gasteiger partial charge in [0.05, 0.1) is 5.69 Å². The van der Waals surface area contributed by atoms with Gasteiger partial charge >= 0.3 is 0 Å². The number of hydrogen-bond donors (Lipinski definition) is 2. The number of nitrogens with one attached hydrogen (secondary N) is 2. The first kappa shape index (κ1) is 13.1. The number of rotatable bonds is 5. The van der Waals surface area contributed by atoms with Crippen molar-refractivity contribution < 1.29 is 0 Å². The highest BCUT2D eigenvalue weighted by atomic mass is 79.9. The number of anilines is 3. The average Bonchev–Trinajstić information content (AvgIpc) is 3.33. The van der Waals surface area contributed by atoms with Crippen molar-refractivity contribution in [3.05, 3.63) is 40.5 Å². The molecule has 2 saturated carbocycles. The molecule has 108 valence electrons. The first-order valence-corrected chi connectivity index (χ1v) is 8.24. The van der Waals surface area contributed by atoms with Gasteiger partial charge in [0.25, 0.3) is 0 Å². The predicted octanol–water partition coefficient (Wildman–Crippen LogP) is 4.43. The molecule has 1 aromatic carbocycles. The average molecular weight is 345 g/mol. The quantitative estimate of drug-likeness (QED) is 0.841. The van der Waals surface area contributed by atoms with Crippen molar-refractivity contribution in [3.63, 3.8) is 0 Å². The van der Waals surface area contributed by atoms with Crippen molar-refractivity contribution in [2.75, 3.05) is 10.6 Å². The van der Waals surface area contributed by atoms with Crippen LogP contribution >= 0.6 is 15.9 Å². The monoisotopic (exact) mass is 344 g/mol. The molecule has 1 aromatic heterocycles. The largest absolute Gasteiger partial charge is 0.351 e.